The summed E-state index contributed by atoms with van der Waals surface area (Å²) >= 11 is 0. The predicted octanol–water partition coefficient (Wildman–Crippen LogP) is 3.61. The van der Waals surface area contributed by atoms with Crippen LogP contribution >= 0.6 is 0 Å². The lowest BCUT2D eigenvalue weighted by atomic mass is 9.97. The predicted molar refractivity (Wildman–Crippen MR) is 141 cm³/mol. The van der Waals surface area contributed by atoms with Crippen LogP contribution in [0.5, 0.6) is 0 Å². The number of nitrogens with zero attached hydrogens (tertiary/aromatic N) is 5. The van der Waals surface area contributed by atoms with Crippen molar-refractivity contribution < 1.29 is 22.2 Å². The molecular weight excluding hydrogens is 520 g/mol. The van der Waals surface area contributed by atoms with Gasteiger partial charge >= 0.3 is 0 Å². The first-order valence-corrected chi connectivity index (χ1v) is 14.4. The summed E-state index contributed by atoms with van der Waals surface area (Å²) in [6.45, 7) is 5.95. The Hall–Kier alpha value is -3.90. The third-order valence-corrected chi connectivity index (χ3v) is 8.62. The summed E-state index contributed by atoms with van der Waals surface area (Å²) in [5, 5.41) is 12.3. The minimum Gasteiger partial charge on any atom is -0.420 e. The molecule has 2 aliphatic rings. The smallest absolute Gasteiger partial charge is 0.257 e. The number of benzene rings is 2. The highest BCUT2D eigenvalue weighted by molar-refractivity contribution is 7.91. The van der Waals surface area contributed by atoms with Crippen LogP contribution in [0.15, 0.2) is 56.3 Å². The van der Waals surface area contributed by atoms with Gasteiger partial charge in [-0.05, 0) is 48.7 Å². The Labute approximate surface area is 225 Å². The molecule has 0 bridgehead atoms. The second-order valence-electron chi connectivity index (χ2n) is 11.1. The summed E-state index contributed by atoms with van der Waals surface area (Å²) in [7, 11) is -3.83. The monoisotopic (exact) mass is 548 g/mol. The molecule has 1 saturated carbocycles. The number of fused-ring (bicyclic) bond motifs is 1. The van der Waals surface area contributed by atoms with Crippen molar-refractivity contribution in [3.05, 3.63) is 59.7 Å². The van der Waals surface area contributed by atoms with Gasteiger partial charge in [-0.15, -0.1) is 10.2 Å². The maximum atomic E-state index is 13.4. The third kappa shape index (κ3) is 4.85. The average molecular weight is 549 g/mol. The van der Waals surface area contributed by atoms with Gasteiger partial charge in [0.1, 0.15) is 0 Å². The molecule has 39 heavy (non-hydrogen) atoms. The van der Waals surface area contributed by atoms with E-state index < -0.39 is 27.5 Å². The number of rotatable bonds is 5. The summed E-state index contributed by atoms with van der Waals surface area (Å²) in [6, 6.07) is 10.8. The van der Waals surface area contributed by atoms with Crippen LogP contribution in [0.3, 0.4) is 0 Å². The fourth-order valence-corrected chi connectivity index (χ4v) is 6.00. The highest BCUT2D eigenvalue weighted by Gasteiger charge is 2.37. The minimum absolute atomic E-state index is 0.0261. The molecule has 1 aliphatic heterocycles. The number of nitrogens with two attached hydrogens (primary N) is 1. The van der Waals surface area contributed by atoms with Gasteiger partial charge in [-0.1, -0.05) is 38.1 Å². The number of aromatic nitrogens is 4. The Kier molecular flexibility index (Phi) is 5.92. The van der Waals surface area contributed by atoms with Crippen LogP contribution in [0.2, 0.25) is 0 Å². The van der Waals surface area contributed by atoms with Gasteiger partial charge in [0.15, 0.2) is 15.7 Å². The van der Waals surface area contributed by atoms with Crippen LogP contribution in [0.4, 0.5) is 5.69 Å². The van der Waals surface area contributed by atoms with Crippen LogP contribution in [0, 0.1) is 0 Å². The number of anilines is 1. The number of hydrogen-bond acceptors (Lipinski definition) is 10. The topological polar surface area (TPSA) is 158 Å². The molecule has 1 amide bonds. The van der Waals surface area contributed by atoms with E-state index in [0.717, 1.165) is 29.8 Å². The summed E-state index contributed by atoms with van der Waals surface area (Å²) in [6.07, 6.45) is 2.15. The molecule has 0 unspecified atom stereocenters. The molecule has 2 aromatic heterocycles. The number of sulfone groups is 1. The maximum Gasteiger partial charge on any atom is 0.257 e. The van der Waals surface area contributed by atoms with Crippen molar-refractivity contribution in [3.63, 3.8) is 0 Å². The molecule has 6 rings (SSSR count). The lowest BCUT2D eigenvalue weighted by Crippen LogP contribution is -2.45. The molecule has 202 valence electrons. The Balaban J connectivity index is 1.35. The zero-order valence-corrected chi connectivity index (χ0v) is 22.6. The van der Waals surface area contributed by atoms with E-state index in [0.29, 0.717) is 23.3 Å². The average Bonchev–Trinajstić information content (AvgIpc) is 3.41. The van der Waals surface area contributed by atoms with Crippen molar-refractivity contribution in [1.82, 2.24) is 20.3 Å². The van der Waals surface area contributed by atoms with Gasteiger partial charge in [0.2, 0.25) is 17.7 Å². The maximum absolute atomic E-state index is 13.4. The summed E-state index contributed by atoms with van der Waals surface area (Å²) in [5.74, 6) is 1.24. The lowest BCUT2D eigenvalue weighted by molar-refractivity contribution is -0.119. The number of carbonyl (C=O) groups excluding carboxylic acids is 1. The second-order valence-corrected chi connectivity index (χ2v) is 13.1. The SMILES string of the molecule is CC(C)(C)c1nnc(-c2ccc3c(c2)N(Cc2ccc(-c4nc(C5CC5)no4)cc2)C(=O)[C@@H](N)CS3(=O)=O)o1. The molecule has 1 fully saturated rings. The van der Waals surface area contributed by atoms with E-state index in [2.05, 4.69) is 20.3 Å². The van der Waals surface area contributed by atoms with E-state index >= 15 is 0 Å². The number of hydrogen-bond donors (Lipinski definition) is 1. The van der Waals surface area contributed by atoms with E-state index in [-0.39, 0.29) is 28.4 Å². The first-order chi connectivity index (χ1) is 18.5. The Bertz CT molecular complexity index is 1670. The molecule has 3 heterocycles. The van der Waals surface area contributed by atoms with Crippen molar-refractivity contribution in [2.24, 2.45) is 5.73 Å². The normalized spacial score (nSPS) is 19.1. The van der Waals surface area contributed by atoms with Gasteiger partial charge in [0.05, 0.1) is 28.9 Å². The van der Waals surface area contributed by atoms with Gasteiger partial charge in [-0.2, -0.15) is 4.98 Å². The van der Waals surface area contributed by atoms with Crippen LogP contribution in [-0.2, 0) is 26.6 Å². The minimum atomic E-state index is -3.83. The molecule has 11 nitrogen and oxygen atoms in total. The molecule has 4 aromatic rings. The molecular formula is C27H28N6O5S. The molecule has 1 atom stereocenters. The fraction of sp³-hybridized carbons (Fsp3) is 0.370. The number of carbonyl (C=O) groups is 1. The Morgan fingerprint density at radius 3 is 2.41 bits per heavy atom. The van der Waals surface area contributed by atoms with E-state index in [4.69, 9.17) is 14.7 Å². The first kappa shape index (κ1) is 25.4. The summed E-state index contributed by atoms with van der Waals surface area (Å²) in [5.41, 5.74) is 7.95. The molecule has 2 N–H and O–H groups in total. The van der Waals surface area contributed by atoms with Gasteiger partial charge in [-0.25, -0.2) is 8.42 Å². The fourth-order valence-electron chi connectivity index (χ4n) is 4.44. The standard InChI is InChI=1S/C27H28N6O5S/c1-27(2,3)26-31-30-24(37-26)18-10-11-21-20(12-18)33(25(34)19(28)14-39(21,35)36)13-15-4-6-17(7-5-15)23-29-22(32-38-23)16-8-9-16/h4-7,10-12,16,19H,8-9,13-14,28H2,1-3H3/t19-/m0/s1. The van der Waals surface area contributed by atoms with E-state index in [1.54, 1.807) is 12.1 Å². The van der Waals surface area contributed by atoms with Gasteiger partial charge in [-0.3, -0.25) is 4.79 Å². The molecule has 0 spiro atoms. The molecule has 1 aliphatic carbocycles. The van der Waals surface area contributed by atoms with E-state index in [9.17, 15) is 13.2 Å². The van der Waals surface area contributed by atoms with E-state index in [1.807, 2.05) is 45.0 Å². The van der Waals surface area contributed by atoms with Crippen LogP contribution in [-0.4, -0.2) is 46.5 Å². The zero-order chi connectivity index (χ0) is 27.5. The van der Waals surface area contributed by atoms with Crippen molar-refractivity contribution in [2.75, 3.05) is 10.7 Å². The van der Waals surface area contributed by atoms with Gasteiger partial charge < -0.3 is 19.6 Å². The number of amides is 1. The summed E-state index contributed by atoms with van der Waals surface area (Å²) < 4.78 is 37.6. The highest BCUT2D eigenvalue weighted by atomic mass is 32.2. The first-order valence-electron chi connectivity index (χ1n) is 12.7. The van der Waals surface area contributed by atoms with Crippen LogP contribution < -0.4 is 10.6 Å². The second kappa shape index (κ2) is 9.09. The Morgan fingerprint density at radius 2 is 1.74 bits per heavy atom. The van der Waals surface area contributed by atoms with Crippen molar-refractivity contribution >= 4 is 21.4 Å². The van der Waals surface area contributed by atoms with Crippen molar-refractivity contribution in [2.45, 2.75) is 62.4 Å². The molecule has 0 saturated heterocycles. The molecule has 2 aromatic carbocycles. The van der Waals surface area contributed by atoms with Gasteiger partial charge in [0.25, 0.3) is 5.89 Å². The zero-order valence-electron chi connectivity index (χ0n) is 21.8. The highest BCUT2D eigenvalue weighted by Crippen LogP contribution is 2.39. The van der Waals surface area contributed by atoms with Crippen molar-refractivity contribution in [3.8, 4) is 22.9 Å². The third-order valence-electron chi connectivity index (χ3n) is 6.81. The van der Waals surface area contributed by atoms with Crippen LogP contribution in [0.25, 0.3) is 22.9 Å². The van der Waals surface area contributed by atoms with Crippen molar-refractivity contribution in [1.29, 1.82) is 0 Å². The van der Waals surface area contributed by atoms with E-state index in [1.165, 1.54) is 11.0 Å². The van der Waals surface area contributed by atoms with Crippen LogP contribution in [0.1, 0.15) is 56.8 Å². The molecule has 12 heteroatoms. The van der Waals surface area contributed by atoms with Gasteiger partial charge in [0, 0.05) is 22.5 Å². The summed E-state index contributed by atoms with van der Waals surface area (Å²) in [4.78, 5) is 19.3. The largest absolute Gasteiger partial charge is 0.420 e. The Morgan fingerprint density at radius 1 is 1.03 bits per heavy atom. The quantitative estimate of drug-likeness (QED) is 0.390. The lowest BCUT2D eigenvalue weighted by Gasteiger charge is -2.24. The molecule has 0 radical (unpaired) electrons.